The lowest BCUT2D eigenvalue weighted by Crippen LogP contribution is -2.45. The Morgan fingerprint density at radius 1 is 0.565 bits per heavy atom. The first-order valence-corrected chi connectivity index (χ1v) is 10.3. The lowest BCUT2D eigenvalue weighted by Gasteiger charge is -2.19. The van der Waals surface area contributed by atoms with Crippen LogP contribution < -0.4 is 10.4 Å². The molecule has 4 rings (SSSR count). The molecule has 0 radical (unpaired) electrons. The van der Waals surface area contributed by atoms with Gasteiger partial charge in [0.2, 0.25) is 9.04 Å². The van der Waals surface area contributed by atoms with Crippen molar-refractivity contribution in [3.05, 3.63) is 84.9 Å². The average molecular weight is 331 g/mol. The molecule has 0 amide bonds. The van der Waals surface area contributed by atoms with Crippen molar-refractivity contribution in [1.29, 1.82) is 0 Å². The van der Waals surface area contributed by atoms with Crippen LogP contribution >= 0.6 is 0 Å². The normalized spacial score (nSPS) is 11.5. The molecule has 23 heavy (non-hydrogen) atoms. The summed E-state index contributed by atoms with van der Waals surface area (Å²) in [7, 11) is -0.913. The van der Waals surface area contributed by atoms with Crippen LogP contribution in [0.2, 0.25) is 0 Å². The van der Waals surface area contributed by atoms with Gasteiger partial charge >= 0.3 is 0 Å². The fraction of sp³-hybridized carbons (Fsp3) is 0. The zero-order chi connectivity index (χ0) is 15.6. The second-order valence-corrected chi connectivity index (χ2v) is 9.64. The predicted octanol–water partition coefficient (Wildman–Crippen LogP) is 2.13. The molecule has 0 aliphatic carbocycles. The highest BCUT2D eigenvalue weighted by atomic mass is 28.3. The standard InChI is InChI=1S/C20H18OSi2/c22-21-23(19-13-5-9-15-7-1-3-11-17(15)19)20-14-6-10-16-8-2-4-12-18(16)20/h1-14,23H,22H3. The van der Waals surface area contributed by atoms with E-state index in [1.54, 1.807) is 0 Å². The highest BCUT2D eigenvalue weighted by Gasteiger charge is 2.20. The average Bonchev–Trinajstić information content (AvgIpc) is 2.63. The molecule has 0 heterocycles. The first-order valence-electron chi connectivity index (χ1n) is 7.86. The van der Waals surface area contributed by atoms with Crippen molar-refractivity contribution in [2.45, 2.75) is 0 Å². The minimum atomic E-state index is -1.67. The van der Waals surface area contributed by atoms with Gasteiger partial charge in [0, 0.05) is 0 Å². The van der Waals surface area contributed by atoms with E-state index in [-0.39, 0.29) is 0 Å². The molecule has 0 saturated heterocycles. The minimum absolute atomic E-state index is 0.755. The zero-order valence-electron chi connectivity index (χ0n) is 13.1. The molecular formula is C20H18OSi2. The number of rotatable bonds is 3. The molecule has 0 bridgehead atoms. The molecule has 3 heteroatoms. The Morgan fingerprint density at radius 3 is 1.48 bits per heavy atom. The van der Waals surface area contributed by atoms with Crippen LogP contribution in [0.3, 0.4) is 0 Å². The maximum absolute atomic E-state index is 6.22. The lowest BCUT2D eigenvalue weighted by molar-refractivity contribution is 0.662. The minimum Gasteiger partial charge on any atom is -0.459 e. The zero-order valence-corrected chi connectivity index (χ0v) is 16.2. The van der Waals surface area contributed by atoms with Crippen molar-refractivity contribution in [3.8, 4) is 0 Å². The first-order chi connectivity index (χ1) is 11.4. The highest BCUT2D eigenvalue weighted by molar-refractivity contribution is 6.85. The van der Waals surface area contributed by atoms with E-state index in [9.17, 15) is 0 Å². The fourth-order valence-corrected chi connectivity index (χ4v) is 7.41. The van der Waals surface area contributed by atoms with Gasteiger partial charge in [-0.1, -0.05) is 84.9 Å². The van der Waals surface area contributed by atoms with Crippen LogP contribution in [-0.2, 0) is 4.12 Å². The second kappa shape index (κ2) is 6.12. The maximum Gasteiger partial charge on any atom is 0.229 e. The Labute approximate surface area is 140 Å². The summed E-state index contributed by atoms with van der Waals surface area (Å²) >= 11 is 0. The van der Waals surface area contributed by atoms with Gasteiger partial charge in [-0.2, -0.15) is 0 Å². The summed E-state index contributed by atoms with van der Waals surface area (Å²) in [4.78, 5) is 0. The quantitative estimate of drug-likeness (QED) is 0.523. The molecule has 0 unspecified atom stereocenters. The van der Waals surface area contributed by atoms with Gasteiger partial charge in [-0.25, -0.2) is 0 Å². The summed E-state index contributed by atoms with van der Waals surface area (Å²) in [6, 6.07) is 30.4. The van der Waals surface area contributed by atoms with Gasteiger partial charge < -0.3 is 4.12 Å². The molecule has 0 atom stereocenters. The van der Waals surface area contributed by atoms with E-state index in [0.717, 1.165) is 10.5 Å². The topological polar surface area (TPSA) is 9.23 Å². The SMILES string of the molecule is [SiH3]O[SiH](c1cccc2ccccc12)c1cccc2ccccc12. The lowest BCUT2D eigenvalue weighted by atomic mass is 10.1. The molecule has 0 fully saturated rings. The Hall–Kier alpha value is -2.21. The third-order valence-corrected chi connectivity index (χ3v) is 8.47. The van der Waals surface area contributed by atoms with Crippen molar-refractivity contribution < 1.29 is 4.12 Å². The van der Waals surface area contributed by atoms with Gasteiger partial charge in [0.15, 0.2) is 0 Å². The molecule has 0 aromatic heterocycles. The molecule has 0 spiro atoms. The number of benzene rings is 4. The third kappa shape index (κ3) is 2.53. The predicted molar refractivity (Wildman–Crippen MR) is 105 cm³/mol. The van der Waals surface area contributed by atoms with Crippen LogP contribution in [0.4, 0.5) is 0 Å². The number of hydrogen-bond donors (Lipinski definition) is 0. The molecule has 0 aliphatic rings. The van der Waals surface area contributed by atoms with Crippen molar-refractivity contribution in [3.63, 3.8) is 0 Å². The first kappa shape index (κ1) is 14.4. The Balaban J connectivity index is 1.97. The van der Waals surface area contributed by atoms with Crippen LogP contribution in [0, 0.1) is 0 Å². The molecule has 0 aliphatic heterocycles. The summed E-state index contributed by atoms with van der Waals surface area (Å²) in [5.41, 5.74) is 0. The molecular weight excluding hydrogens is 312 g/mol. The van der Waals surface area contributed by atoms with E-state index in [1.807, 2.05) is 0 Å². The van der Waals surface area contributed by atoms with E-state index in [1.165, 1.54) is 31.9 Å². The molecule has 0 saturated carbocycles. The molecule has 1 nitrogen and oxygen atoms in total. The van der Waals surface area contributed by atoms with E-state index in [4.69, 9.17) is 4.12 Å². The number of fused-ring (bicyclic) bond motifs is 2. The van der Waals surface area contributed by atoms with E-state index >= 15 is 0 Å². The molecule has 112 valence electrons. The highest BCUT2D eigenvalue weighted by Crippen LogP contribution is 2.15. The number of hydrogen-bond acceptors (Lipinski definition) is 1. The Bertz CT molecular complexity index is 891. The van der Waals surface area contributed by atoms with E-state index < -0.39 is 9.04 Å². The van der Waals surface area contributed by atoms with Crippen LogP contribution in [0.25, 0.3) is 21.5 Å². The summed E-state index contributed by atoms with van der Waals surface area (Å²) in [5, 5.41) is 8.01. The third-order valence-electron chi connectivity index (χ3n) is 4.45. The van der Waals surface area contributed by atoms with E-state index in [2.05, 4.69) is 84.9 Å². The van der Waals surface area contributed by atoms with Crippen LogP contribution in [0.5, 0.6) is 0 Å². The molecule has 4 aromatic carbocycles. The van der Waals surface area contributed by atoms with Crippen molar-refractivity contribution in [1.82, 2.24) is 0 Å². The summed E-state index contributed by atoms with van der Waals surface area (Å²) in [6.07, 6.45) is 0. The maximum atomic E-state index is 6.22. The smallest absolute Gasteiger partial charge is 0.229 e. The van der Waals surface area contributed by atoms with Crippen LogP contribution in [0.15, 0.2) is 84.9 Å². The summed E-state index contributed by atoms with van der Waals surface area (Å²) in [6.45, 7) is 0. The van der Waals surface area contributed by atoms with Crippen LogP contribution in [-0.4, -0.2) is 19.5 Å². The second-order valence-electron chi connectivity index (χ2n) is 5.75. The summed E-state index contributed by atoms with van der Waals surface area (Å²) in [5.74, 6) is 0. The van der Waals surface area contributed by atoms with Gasteiger partial charge in [0.1, 0.15) is 10.5 Å². The van der Waals surface area contributed by atoms with Crippen LogP contribution in [0.1, 0.15) is 0 Å². The largest absolute Gasteiger partial charge is 0.459 e. The molecule has 0 N–H and O–H groups in total. The van der Waals surface area contributed by atoms with Gasteiger partial charge in [-0.15, -0.1) is 0 Å². The Kier molecular flexibility index (Phi) is 3.83. The van der Waals surface area contributed by atoms with Gasteiger partial charge in [-0.05, 0) is 31.9 Å². The van der Waals surface area contributed by atoms with Gasteiger partial charge in [0.25, 0.3) is 0 Å². The van der Waals surface area contributed by atoms with Gasteiger partial charge in [0.05, 0.1) is 0 Å². The fourth-order valence-electron chi connectivity index (χ4n) is 3.38. The molecule has 4 aromatic rings. The Morgan fingerprint density at radius 2 is 1.00 bits per heavy atom. The van der Waals surface area contributed by atoms with Crippen molar-refractivity contribution in [2.24, 2.45) is 0 Å². The summed E-state index contributed by atoms with van der Waals surface area (Å²) < 4.78 is 6.22. The van der Waals surface area contributed by atoms with E-state index in [0.29, 0.717) is 0 Å². The van der Waals surface area contributed by atoms with Crippen molar-refractivity contribution >= 4 is 51.4 Å². The van der Waals surface area contributed by atoms with Gasteiger partial charge in [-0.3, -0.25) is 0 Å². The van der Waals surface area contributed by atoms with Crippen molar-refractivity contribution in [2.75, 3.05) is 0 Å². The monoisotopic (exact) mass is 330 g/mol.